The van der Waals surface area contributed by atoms with Crippen LogP contribution in [-0.2, 0) is 14.3 Å². The molecule has 1 fully saturated rings. The fraction of sp³-hybridized carbons (Fsp3) is 0.917. The van der Waals surface area contributed by atoms with Crippen molar-refractivity contribution in [3.63, 3.8) is 0 Å². The Hall–Kier alpha value is -0.650. The molecule has 0 N–H and O–H groups in total. The minimum Gasteiger partial charge on any atom is -0.379 e. The summed E-state index contributed by atoms with van der Waals surface area (Å²) in [7, 11) is 4.08. The van der Waals surface area contributed by atoms with Crippen LogP contribution in [0.4, 0.5) is 0 Å². The lowest BCUT2D eigenvalue weighted by molar-refractivity contribution is -0.136. The van der Waals surface area contributed by atoms with Gasteiger partial charge < -0.3 is 19.3 Å². The highest BCUT2D eigenvalue weighted by atomic mass is 16.5. The van der Waals surface area contributed by atoms with Crippen molar-refractivity contribution in [3.05, 3.63) is 0 Å². The number of ether oxygens (including phenoxy) is 2. The van der Waals surface area contributed by atoms with Gasteiger partial charge in [0.15, 0.2) is 0 Å². The van der Waals surface area contributed by atoms with Gasteiger partial charge in [0.2, 0.25) is 5.91 Å². The smallest absolute Gasteiger partial charge is 0.248 e. The summed E-state index contributed by atoms with van der Waals surface area (Å²) < 4.78 is 10.7. The van der Waals surface area contributed by atoms with Gasteiger partial charge in [0, 0.05) is 32.2 Å². The molecule has 0 aromatic rings. The lowest BCUT2D eigenvalue weighted by Crippen LogP contribution is -2.40. The van der Waals surface area contributed by atoms with E-state index >= 15 is 0 Å². The maximum absolute atomic E-state index is 11.9. The molecule has 0 aliphatic carbocycles. The van der Waals surface area contributed by atoms with E-state index in [0.29, 0.717) is 25.7 Å². The van der Waals surface area contributed by atoms with Crippen LogP contribution in [0.3, 0.4) is 0 Å². The standard InChI is InChI=1S/C12H24N2O3/c1-4-16-10-12(15)14-5-6-17-9-11(8-14)7-13(2)3/h11H,4-10H2,1-3H3. The van der Waals surface area contributed by atoms with Gasteiger partial charge >= 0.3 is 0 Å². The number of amides is 1. The summed E-state index contributed by atoms with van der Waals surface area (Å²) in [5.74, 6) is 0.458. The number of carbonyl (C=O) groups is 1. The molecule has 0 aromatic carbocycles. The molecule has 1 saturated heterocycles. The summed E-state index contributed by atoms with van der Waals surface area (Å²) in [5.41, 5.74) is 0. The van der Waals surface area contributed by atoms with Crippen LogP contribution < -0.4 is 0 Å². The molecular weight excluding hydrogens is 220 g/mol. The Morgan fingerprint density at radius 3 is 2.94 bits per heavy atom. The van der Waals surface area contributed by atoms with Gasteiger partial charge in [0.1, 0.15) is 6.61 Å². The number of hydrogen-bond donors (Lipinski definition) is 0. The normalized spacial score (nSPS) is 21.6. The van der Waals surface area contributed by atoms with Crippen LogP contribution in [-0.4, -0.2) is 75.9 Å². The second kappa shape index (κ2) is 7.63. The van der Waals surface area contributed by atoms with Gasteiger partial charge in [-0.05, 0) is 21.0 Å². The Morgan fingerprint density at radius 1 is 1.53 bits per heavy atom. The molecule has 1 aliphatic heterocycles. The van der Waals surface area contributed by atoms with Gasteiger partial charge in [-0.2, -0.15) is 0 Å². The first-order chi connectivity index (χ1) is 8.13. The maximum atomic E-state index is 11.9. The van der Waals surface area contributed by atoms with Gasteiger partial charge in [-0.3, -0.25) is 4.79 Å². The van der Waals surface area contributed by atoms with Crippen LogP contribution in [0.2, 0.25) is 0 Å². The van der Waals surface area contributed by atoms with E-state index in [-0.39, 0.29) is 12.5 Å². The zero-order valence-corrected chi connectivity index (χ0v) is 11.1. The Morgan fingerprint density at radius 2 is 2.29 bits per heavy atom. The van der Waals surface area contributed by atoms with Crippen LogP contribution in [0.15, 0.2) is 0 Å². The average Bonchev–Trinajstić information content (AvgIpc) is 2.50. The number of hydrogen-bond acceptors (Lipinski definition) is 4. The summed E-state index contributed by atoms with van der Waals surface area (Å²) in [4.78, 5) is 15.9. The van der Waals surface area contributed by atoms with Gasteiger partial charge in [-0.1, -0.05) is 0 Å². The highest BCUT2D eigenvalue weighted by molar-refractivity contribution is 5.77. The minimum atomic E-state index is 0.0705. The lowest BCUT2D eigenvalue weighted by Gasteiger charge is -2.25. The Bertz CT molecular complexity index is 234. The predicted octanol–water partition coefficient (Wildman–Crippen LogP) is 0.0595. The largest absolute Gasteiger partial charge is 0.379 e. The van der Waals surface area contributed by atoms with Crippen molar-refractivity contribution in [1.29, 1.82) is 0 Å². The van der Waals surface area contributed by atoms with Crippen LogP contribution in [0.25, 0.3) is 0 Å². The highest BCUT2D eigenvalue weighted by Crippen LogP contribution is 2.08. The van der Waals surface area contributed by atoms with E-state index in [1.807, 2.05) is 25.9 Å². The molecule has 100 valence electrons. The van der Waals surface area contributed by atoms with E-state index in [9.17, 15) is 4.79 Å². The van der Waals surface area contributed by atoms with E-state index in [2.05, 4.69) is 4.90 Å². The third kappa shape index (κ3) is 5.48. The molecule has 1 unspecified atom stereocenters. The van der Waals surface area contributed by atoms with Crippen molar-refractivity contribution >= 4 is 5.91 Å². The zero-order valence-electron chi connectivity index (χ0n) is 11.1. The molecule has 5 heteroatoms. The molecule has 0 bridgehead atoms. The van der Waals surface area contributed by atoms with E-state index in [0.717, 1.165) is 19.7 Å². The predicted molar refractivity (Wildman–Crippen MR) is 65.9 cm³/mol. The second-order valence-electron chi connectivity index (χ2n) is 4.68. The maximum Gasteiger partial charge on any atom is 0.248 e. The molecule has 5 nitrogen and oxygen atoms in total. The van der Waals surface area contributed by atoms with Gasteiger partial charge in [-0.15, -0.1) is 0 Å². The van der Waals surface area contributed by atoms with E-state index in [1.54, 1.807) is 0 Å². The molecule has 1 aliphatic rings. The van der Waals surface area contributed by atoms with Gasteiger partial charge in [0.05, 0.1) is 13.2 Å². The van der Waals surface area contributed by atoms with Gasteiger partial charge in [0.25, 0.3) is 0 Å². The Kier molecular flexibility index (Phi) is 6.47. The minimum absolute atomic E-state index is 0.0705. The lowest BCUT2D eigenvalue weighted by atomic mass is 10.1. The highest BCUT2D eigenvalue weighted by Gasteiger charge is 2.22. The Labute approximate surface area is 104 Å². The Balaban J connectivity index is 2.44. The molecule has 0 saturated carbocycles. The van der Waals surface area contributed by atoms with E-state index in [4.69, 9.17) is 9.47 Å². The zero-order chi connectivity index (χ0) is 12.7. The summed E-state index contributed by atoms with van der Waals surface area (Å²) in [6.07, 6.45) is 0. The molecule has 0 aromatic heterocycles. The van der Waals surface area contributed by atoms with E-state index < -0.39 is 0 Å². The average molecular weight is 244 g/mol. The van der Waals surface area contributed by atoms with Crippen LogP contribution in [0.5, 0.6) is 0 Å². The first-order valence-corrected chi connectivity index (χ1v) is 6.21. The first kappa shape index (κ1) is 14.4. The van der Waals surface area contributed by atoms with Gasteiger partial charge in [-0.25, -0.2) is 0 Å². The number of carbonyl (C=O) groups excluding carboxylic acids is 1. The van der Waals surface area contributed by atoms with Crippen LogP contribution >= 0.6 is 0 Å². The van der Waals surface area contributed by atoms with Crippen molar-refractivity contribution in [2.45, 2.75) is 6.92 Å². The van der Waals surface area contributed by atoms with Crippen LogP contribution in [0.1, 0.15) is 6.92 Å². The third-order valence-corrected chi connectivity index (χ3v) is 2.74. The molecule has 17 heavy (non-hydrogen) atoms. The summed E-state index contributed by atoms with van der Waals surface area (Å²) in [6, 6.07) is 0. The molecule has 1 atom stereocenters. The topological polar surface area (TPSA) is 42.0 Å². The number of nitrogens with zero attached hydrogens (tertiary/aromatic N) is 2. The second-order valence-corrected chi connectivity index (χ2v) is 4.68. The summed E-state index contributed by atoms with van der Waals surface area (Å²) in [6.45, 7) is 6.41. The van der Waals surface area contributed by atoms with Crippen molar-refractivity contribution in [3.8, 4) is 0 Å². The molecule has 0 radical (unpaired) electrons. The number of rotatable bonds is 5. The monoisotopic (exact) mass is 244 g/mol. The molecule has 1 heterocycles. The molecule has 1 rings (SSSR count). The summed E-state index contributed by atoms with van der Waals surface area (Å²) in [5, 5.41) is 0. The third-order valence-electron chi connectivity index (χ3n) is 2.74. The molecule has 1 amide bonds. The van der Waals surface area contributed by atoms with Crippen molar-refractivity contribution in [2.75, 3.05) is 60.2 Å². The summed E-state index contributed by atoms with van der Waals surface area (Å²) >= 11 is 0. The molecule has 0 spiro atoms. The van der Waals surface area contributed by atoms with Crippen molar-refractivity contribution in [2.24, 2.45) is 5.92 Å². The molecular formula is C12H24N2O3. The SMILES string of the molecule is CCOCC(=O)N1CCOCC(CN(C)C)C1. The van der Waals surface area contributed by atoms with E-state index in [1.165, 1.54) is 0 Å². The van der Waals surface area contributed by atoms with Crippen molar-refractivity contribution in [1.82, 2.24) is 9.80 Å². The van der Waals surface area contributed by atoms with Crippen LogP contribution in [0, 0.1) is 5.92 Å². The fourth-order valence-corrected chi connectivity index (χ4v) is 2.01. The van der Waals surface area contributed by atoms with Crippen molar-refractivity contribution < 1.29 is 14.3 Å². The fourth-order valence-electron chi connectivity index (χ4n) is 2.01. The quantitative estimate of drug-likeness (QED) is 0.686. The first-order valence-electron chi connectivity index (χ1n) is 6.21.